The molecule has 0 bridgehead atoms. The number of aromatic nitrogens is 2. The highest BCUT2D eigenvalue weighted by Crippen LogP contribution is 2.16. The third kappa shape index (κ3) is 4.47. The SMILES string of the molecule is CCCCC(=O)N/N=C/c1c(O)n(-c2ccc(CC)cc2)c(=O)[nH]c1=O. The van der Waals surface area contributed by atoms with Crippen LogP contribution in [0.25, 0.3) is 5.69 Å². The number of H-pyrrole nitrogens is 1. The molecule has 0 unspecified atom stereocenters. The predicted molar refractivity (Wildman–Crippen MR) is 99.0 cm³/mol. The molecule has 1 aromatic heterocycles. The van der Waals surface area contributed by atoms with Crippen molar-refractivity contribution in [1.29, 1.82) is 0 Å². The van der Waals surface area contributed by atoms with Crippen LogP contribution < -0.4 is 16.7 Å². The van der Waals surface area contributed by atoms with Crippen LogP contribution in [0, 0.1) is 0 Å². The van der Waals surface area contributed by atoms with E-state index in [4.69, 9.17) is 0 Å². The Kier molecular flexibility index (Phi) is 6.48. The summed E-state index contributed by atoms with van der Waals surface area (Å²) >= 11 is 0. The molecule has 2 rings (SSSR count). The van der Waals surface area contributed by atoms with Gasteiger partial charge in [-0.1, -0.05) is 32.4 Å². The fourth-order valence-electron chi connectivity index (χ4n) is 2.34. The quantitative estimate of drug-likeness (QED) is 0.513. The molecule has 0 fully saturated rings. The Morgan fingerprint density at radius 1 is 1.27 bits per heavy atom. The van der Waals surface area contributed by atoms with Gasteiger partial charge >= 0.3 is 5.69 Å². The van der Waals surface area contributed by atoms with Gasteiger partial charge in [-0.15, -0.1) is 0 Å². The van der Waals surface area contributed by atoms with E-state index < -0.39 is 17.1 Å². The number of hydrogen-bond donors (Lipinski definition) is 3. The van der Waals surface area contributed by atoms with E-state index in [2.05, 4.69) is 15.5 Å². The zero-order valence-corrected chi connectivity index (χ0v) is 14.8. The second kappa shape index (κ2) is 8.80. The molecule has 0 saturated heterocycles. The lowest BCUT2D eigenvalue weighted by Crippen LogP contribution is -2.31. The van der Waals surface area contributed by atoms with Gasteiger partial charge < -0.3 is 5.11 Å². The summed E-state index contributed by atoms with van der Waals surface area (Å²) in [6.07, 6.45) is 3.78. The zero-order chi connectivity index (χ0) is 19.1. The summed E-state index contributed by atoms with van der Waals surface area (Å²) in [4.78, 5) is 37.7. The van der Waals surface area contributed by atoms with E-state index in [-0.39, 0.29) is 11.5 Å². The number of unbranched alkanes of at least 4 members (excludes halogenated alkanes) is 1. The number of aryl methyl sites for hydroxylation is 1. The van der Waals surface area contributed by atoms with Gasteiger partial charge in [0, 0.05) is 6.42 Å². The van der Waals surface area contributed by atoms with Crippen LogP contribution in [0.2, 0.25) is 0 Å². The lowest BCUT2D eigenvalue weighted by molar-refractivity contribution is -0.121. The fraction of sp³-hybridized carbons (Fsp3) is 0.333. The first-order valence-electron chi connectivity index (χ1n) is 8.47. The van der Waals surface area contributed by atoms with Crippen LogP contribution >= 0.6 is 0 Å². The molecule has 26 heavy (non-hydrogen) atoms. The van der Waals surface area contributed by atoms with Crippen molar-refractivity contribution in [1.82, 2.24) is 15.0 Å². The lowest BCUT2D eigenvalue weighted by atomic mass is 10.1. The number of carbonyl (C=O) groups excluding carboxylic acids is 1. The van der Waals surface area contributed by atoms with Crippen molar-refractivity contribution in [3.8, 4) is 11.6 Å². The highest BCUT2D eigenvalue weighted by Gasteiger charge is 2.14. The van der Waals surface area contributed by atoms with Gasteiger partial charge in [0.25, 0.3) is 5.56 Å². The summed E-state index contributed by atoms with van der Waals surface area (Å²) in [6, 6.07) is 7.00. The van der Waals surface area contributed by atoms with E-state index in [1.165, 1.54) is 0 Å². The molecule has 1 aromatic carbocycles. The molecule has 0 aliphatic heterocycles. The van der Waals surface area contributed by atoms with Crippen LogP contribution in [0.4, 0.5) is 0 Å². The highest BCUT2D eigenvalue weighted by atomic mass is 16.3. The summed E-state index contributed by atoms with van der Waals surface area (Å²) in [5.41, 5.74) is 1.99. The average Bonchev–Trinajstić information content (AvgIpc) is 2.63. The summed E-state index contributed by atoms with van der Waals surface area (Å²) in [5.74, 6) is -0.836. The molecule has 0 saturated carbocycles. The smallest absolute Gasteiger partial charge is 0.335 e. The summed E-state index contributed by atoms with van der Waals surface area (Å²) in [5, 5.41) is 14.1. The molecule has 1 amide bonds. The van der Waals surface area contributed by atoms with Gasteiger partial charge in [-0.3, -0.25) is 14.6 Å². The molecule has 8 heteroatoms. The number of amides is 1. The number of benzene rings is 1. The molecule has 0 spiro atoms. The number of aromatic hydroxyl groups is 1. The van der Waals surface area contributed by atoms with Gasteiger partial charge in [-0.25, -0.2) is 14.8 Å². The molecule has 2 aromatic rings. The molecular weight excluding hydrogens is 336 g/mol. The van der Waals surface area contributed by atoms with Crippen LogP contribution in [0.1, 0.15) is 44.2 Å². The Hall–Kier alpha value is -3.16. The Bertz CT molecular complexity index is 910. The second-order valence-electron chi connectivity index (χ2n) is 5.75. The number of hydrazone groups is 1. The van der Waals surface area contributed by atoms with Crippen molar-refractivity contribution in [3.63, 3.8) is 0 Å². The summed E-state index contributed by atoms with van der Waals surface area (Å²) < 4.78 is 0.973. The number of rotatable bonds is 7. The van der Waals surface area contributed by atoms with Crippen LogP contribution in [0.3, 0.4) is 0 Å². The first-order valence-corrected chi connectivity index (χ1v) is 8.47. The second-order valence-corrected chi connectivity index (χ2v) is 5.75. The van der Waals surface area contributed by atoms with Gasteiger partial charge in [0.1, 0.15) is 5.56 Å². The normalized spacial score (nSPS) is 11.0. The third-order valence-corrected chi connectivity index (χ3v) is 3.86. The van der Waals surface area contributed by atoms with Crippen molar-refractivity contribution in [2.24, 2.45) is 5.10 Å². The maximum absolute atomic E-state index is 12.1. The van der Waals surface area contributed by atoms with E-state index in [1.54, 1.807) is 12.1 Å². The topological polar surface area (TPSA) is 117 Å². The van der Waals surface area contributed by atoms with E-state index in [9.17, 15) is 19.5 Å². The molecule has 0 atom stereocenters. The lowest BCUT2D eigenvalue weighted by Gasteiger charge is -2.10. The summed E-state index contributed by atoms with van der Waals surface area (Å²) in [6.45, 7) is 3.96. The molecule has 0 aliphatic rings. The van der Waals surface area contributed by atoms with E-state index >= 15 is 0 Å². The van der Waals surface area contributed by atoms with Crippen LogP contribution in [-0.2, 0) is 11.2 Å². The van der Waals surface area contributed by atoms with Crippen LogP contribution in [0.15, 0.2) is 39.0 Å². The van der Waals surface area contributed by atoms with E-state index in [0.717, 1.165) is 35.6 Å². The summed E-state index contributed by atoms with van der Waals surface area (Å²) in [7, 11) is 0. The number of aromatic amines is 1. The van der Waals surface area contributed by atoms with Crippen LogP contribution in [-0.4, -0.2) is 26.8 Å². The number of nitrogens with one attached hydrogen (secondary N) is 2. The largest absolute Gasteiger partial charge is 0.493 e. The molecule has 3 N–H and O–H groups in total. The minimum atomic E-state index is -0.791. The van der Waals surface area contributed by atoms with Gasteiger partial charge in [0.05, 0.1) is 11.9 Å². The molecule has 8 nitrogen and oxygen atoms in total. The highest BCUT2D eigenvalue weighted by molar-refractivity contribution is 5.84. The fourth-order valence-corrected chi connectivity index (χ4v) is 2.34. The molecule has 1 heterocycles. The predicted octanol–water partition coefficient (Wildman–Crippen LogP) is 1.43. The van der Waals surface area contributed by atoms with Gasteiger partial charge in [-0.05, 0) is 30.5 Å². The number of carbonyl (C=O) groups is 1. The molecular formula is C18H22N4O4. The maximum Gasteiger partial charge on any atom is 0.335 e. The van der Waals surface area contributed by atoms with Crippen molar-refractivity contribution < 1.29 is 9.90 Å². The zero-order valence-electron chi connectivity index (χ0n) is 14.8. The van der Waals surface area contributed by atoms with Crippen molar-refractivity contribution >= 4 is 12.1 Å². The molecule has 0 radical (unpaired) electrons. The van der Waals surface area contributed by atoms with Crippen molar-refractivity contribution in [3.05, 3.63) is 56.2 Å². The Morgan fingerprint density at radius 2 is 1.96 bits per heavy atom. The minimum absolute atomic E-state index is 0.222. The van der Waals surface area contributed by atoms with Crippen molar-refractivity contribution in [2.75, 3.05) is 0 Å². The molecule has 0 aliphatic carbocycles. The van der Waals surface area contributed by atoms with E-state index in [1.807, 2.05) is 26.0 Å². The van der Waals surface area contributed by atoms with Gasteiger partial charge in [0.2, 0.25) is 11.8 Å². The van der Waals surface area contributed by atoms with Crippen LogP contribution in [0.5, 0.6) is 5.88 Å². The standard InChI is InChI=1S/C18H22N4O4/c1-3-5-6-15(23)21-19-11-14-16(24)20-18(26)22(17(14)25)13-9-7-12(4-2)8-10-13/h7-11,25H,3-6H2,1-2H3,(H,21,23)(H,20,24,26)/b19-11+. The Morgan fingerprint density at radius 3 is 2.58 bits per heavy atom. The number of hydrogen-bond acceptors (Lipinski definition) is 5. The van der Waals surface area contributed by atoms with E-state index in [0.29, 0.717) is 12.1 Å². The molecule has 138 valence electrons. The maximum atomic E-state index is 12.1. The monoisotopic (exact) mass is 358 g/mol. The van der Waals surface area contributed by atoms with Gasteiger partial charge in [-0.2, -0.15) is 5.10 Å². The van der Waals surface area contributed by atoms with Gasteiger partial charge in [0.15, 0.2) is 0 Å². The van der Waals surface area contributed by atoms with Crippen molar-refractivity contribution in [2.45, 2.75) is 39.5 Å². The third-order valence-electron chi connectivity index (χ3n) is 3.86. The Balaban J connectivity index is 2.35. The first-order chi connectivity index (χ1) is 12.5. The minimum Gasteiger partial charge on any atom is -0.493 e. The number of nitrogens with zero attached hydrogens (tertiary/aromatic N) is 2. The first kappa shape index (κ1) is 19.2. The Labute approximate surface area is 150 Å². The average molecular weight is 358 g/mol.